The Bertz CT molecular complexity index is 202. The lowest BCUT2D eigenvalue weighted by Gasteiger charge is -2.15. The predicted octanol–water partition coefficient (Wildman–Crippen LogP) is 0.384. The van der Waals surface area contributed by atoms with Gasteiger partial charge in [-0.25, -0.2) is 0 Å². The smallest absolute Gasteiger partial charge is 0.108 e. The van der Waals surface area contributed by atoms with E-state index in [1.165, 1.54) is 0 Å². The standard InChI is InChI=1S/C7H10N4/c1-7(10-2)11(5-3-8)6-4-9/h5-6H2,1-2H3. The molecule has 0 aromatic carbocycles. The van der Waals surface area contributed by atoms with Gasteiger partial charge in [0.1, 0.15) is 13.1 Å². The van der Waals surface area contributed by atoms with E-state index in [-0.39, 0.29) is 13.1 Å². The van der Waals surface area contributed by atoms with Crippen molar-refractivity contribution in [3.05, 3.63) is 0 Å². The maximum atomic E-state index is 8.35. The summed E-state index contributed by atoms with van der Waals surface area (Å²) in [6.45, 7) is 2.21. The Morgan fingerprint density at radius 1 is 1.36 bits per heavy atom. The highest BCUT2D eigenvalue weighted by Crippen LogP contribution is 1.88. The fourth-order valence-corrected chi connectivity index (χ4v) is 0.597. The Morgan fingerprint density at radius 2 is 1.82 bits per heavy atom. The van der Waals surface area contributed by atoms with E-state index < -0.39 is 0 Å². The fraction of sp³-hybridized carbons (Fsp3) is 0.571. The minimum absolute atomic E-state index is 0.219. The molecule has 4 nitrogen and oxygen atoms in total. The lowest BCUT2D eigenvalue weighted by Crippen LogP contribution is -2.29. The molecule has 0 aliphatic carbocycles. The Balaban J connectivity index is 4.14. The van der Waals surface area contributed by atoms with Gasteiger partial charge in [-0.1, -0.05) is 0 Å². The van der Waals surface area contributed by atoms with Crippen LogP contribution in [0.2, 0.25) is 0 Å². The van der Waals surface area contributed by atoms with Crippen LogP contribution in [0, 0.1) is 22.7 Å². The average molecular weight is 150 g/mol. The minimum Gasteiger partial charge on any atom is -0.334 e. The molecule has 0 saturated carbocycles. The summed E-state index contributed by atoms with van der Waals surface area (Å²) >= 11 is 0. The number of hydrogen-bond acceptors (Lipinski definition) is 3. The Kier molecular flexibility index (Phi) is 4.51. The van der Waals surface area contributed by atoms with Crippen LogP contribution in [0.15, 0.2) is 4.99 Å². The van der Waals surface area contributed by atoms with Crippen molar-refractivity contribution in [1.82, 2.24) is 4.90 Å². The van der Waals surface area contributed by atoms with Crippen LogP contribution in [0.1, 0.15) is 6.92 Å². The molecule has 0 rings (SSSR count). The molecule has 0 aliphatic heterocycles. The lowest BCUT2D eigenvalue weighted by atomic mass is 10.4. The maximum absolute atomic E-state index is 8.35. The van der Waals surface area contributed by atoms with E-state index in [0.717, 1.165) is 0 Å². The van der Waals surface area contributed by atoms with E-state index in [1.54, 1.807) is 18.9 Å². The SMILES string of the molecule is CN=C(C)N(CC#N)CC#N. The average Bonchev–Trinajstić information content (AvgIpc) is 2.03. The summed E-state index contributed by atoms with van der Waals surface area (Å²) in [4.78, 5) is 5.48. The van der Waals surface area contributed by atoms with Gasteiger partial charge in [0.05, 0.1) is 18.0 Å². The second-order valence-electron chi connectivity index (χ2n) is 1.94. The first-order valence-electron chi connectivity index (χ1n) is 3.18. The van der Waals surface area contributed by atoms with Crippen molar-refractivity contribution in [2.75, 3.05) is 20.1 Å². The van der Waals surface area contributed by atoms with Gasteiger partial charge in [-0.3, -0.25) is 4.99 Å². The highest BCUT2D eigenvalue weighted by atomic mass is 15.2. The Hall–Kier alpha value is -1.55. The van der Waals surface area contributed by atoms with Gasteiger partial charge in [0.2, 0.25) is 0 Å². The highest BCUT2D eigenvalue weighted by molar-refractivity contribution is 5.79. The monoisotopic (exact) mass is 150 g/mol. The molecule has 0 aromatic heterocycles. The van der Waals surface area contributed by atoms with Gasteiger partial charge in [-0.15, -0.1) is 0 Å². The number of rotatable bonds is 2. The van der Waals surface area contributed by atoms with Crippen molar-refractivity contribution in [3.63, 3.8) is 0 Å². The third-order valence-corrected chi connectivity index (χ3v) is 1.30. The van der Waals surface area contributed by atoms with E-state index >= 15 is 0 Å². The Morgan fingerprint density at radius 3 is 2.09 bits per heavy atom. The number of aliphatic imine (C=N–C) groups is 1. The molecule has 0 fully saturated rings. The first kappa shape index (κ1) is 9.45. The first-order chi connectivity index (χ1) is 5.26. The molecule has 11 heavy (non-hydrogen) atoms. The van der Waals surface area contributed by atoms with Crippen molar-refractivity contribution in [2.24, 2.45) is 4.99 Å². The van der Waals surface area contributed by atoms with Crippen LogP contribution < -0.4 is 0 Å². The van der Waals surface area contributed by atoms with Crippen LogP contribution >= 0.6 is 0 Å². The number of nitrogens with zero attached hydrogens (tertiary/aromatic N) is 4. The molecule has 0 saturated heterocycles. The first-order valence-corrected chi connectivity index (χ1v) is 3.18. The summed E-state index contributed by atoms with van der Waals surface area (Å²) in [5.41, 5.74) is 0. The van der Waals surface area contributed by atoms with Gasteiger partial charge < -0.3 is 4.90 Å². The van der Waals surface area contributed by atoms with Crippen molar-refractivity contribution < 1.29 is 0 Å². The molecule has 0 radical (unpaired) electrons. The summed E-state index contributed by atoms with van der Waals surface area (Å²) in [5, 5.41) is 16.7. The molecule has 4 heteroatoms. The molecular weight excluding hydrogens is 140 g/mol. The normalized spacial score (nSPS) is 10.0. The van der Waals surface area contributed by atoms with Gasteiger partial charge >= 0.3 is 0 Å². The topological polar surface area (TPSA) is 63.2 Å². The molecular formula is C7H10N4. The second kappa shape index (κ2) is 5.25. The summed E-state index contributed by atoms with van der Waals surface area (Å²) in [6, 6.07) is 3.92. The van der Waals surface area contributed by atoms with Crippen LogP contribution in [0.3, 0.4) is 0 Å². The molecule has 0 bridgehead atoms. The molecule has 0 atom stereocenters. The van der Waals surface area contributed by atoms with Gasteiger partial charge in [-0.2, -0.15) is 10.5 Å². The molecule has 0 amide bonds. The van der Waals surface area contributed by atoms with E-state index in [4.69, 9.17) is 10.5 Å². The van der Waals surface area contributed by atoms with Crippen molar-refractivity contribution in [2.45, 2.75) is 6.92 Å². The van der Waals surface area contributed by atoms with Crippen molar-refractivity contribution in [1.29, 1.82) is 10.5 Å². The van der Waals surface area contributed by atoms with Gasteiger partial charge in [-0.05, 0) is 6.92 Å². The van der Waals surface area contributed by atoms with E-state index in [1.807, 2.05) is 12.1 Å². The Labute approximate surface area is 66.4 Å². The van der Waals surface area contributed by atoms with Crippen LogP contribution in [-0.4, -0.2) is 30.9 Å². The van der Waals surface area contributed by atoms with Crippen LogP contribution in [0.5, 0.6) is 0 Å². The fourth-order valence-electron chi connectivity index (χ4n) is 0.597. The molecule has 58 valence electrons. The highest BCUT2D eigenvalue weighted by Gasteiger charge is 2.02. The van der Waals surface area contributed by atoms with Crippen LogP contribution in [0.25, 0.3) is 0 Å². The third kappa shape index (κ3) is 3.22. The van der Waals surface area contributed by atoms with E-state index in [0.29, 0.717) is 5.84 Å². The number of nitriles is 2. The minimum atomic E-state index is 0.219. The van der Waals surface area contributed by atoms with Crippen LogP contribution in [0.4, 0.5) is 0 Å². The number of amidine groups is 1. The van der Waals surface area contributed by atoms with Crippen LogP contribution in [-0.2, 0) is 0 Å². The van der Waals surface area contributed by atoms with Crippen molar-refractivity contribution in [3.8, 4) is 12.1 Å². The zero-order valence-electron chi connectivity index (χ0n) is 6.70. The molecule has 0 aliphatic rings. The van der Waals surface area contributed by atoms with Crippen molar-refractivity contribution >= 4 is 5.84 Å². The summed E-state index contributed by atoms with van der Waals surface area (Å²) in [7, 11) is 1.64. The summed E-state index contributed by atoms with van der Waals surface area (Å²) in [6.07, 6.45) is 0. The largest absolute Gasteiger partial charge is 0.334 e. The second-order valence-corrected chi connectivity index (χ2v) is 1.94. The third-order valence-electron chi connectivity index (χ3n) is 1.30. The number of hydrogen-bond donors (Lipinski definition) is 0. The summed E-state index contributed by atoms with van der Waals surface area (Å²) in [5.74, 6) is 0.716. The summed E-state index contributed by atoms with van der Waals surface area (Å²) < 4.78 is 0. The molecule has 0 spiro atoms. The maximum Gasteiger partial charge on any atom is 0.108 e. The van der Waals surface area contributed by atoms with Gasteiger partial charge in [0.15, 0.2) is 0 Å². The lowest BCUT2D eigenvalue weighted by molar-refractivity contribution is 0.519. The zero-order valence-corrected chi connectivity index (χ0v) is 6.70. The zero-order chi connectivity index (χ0) is 8.69. The van der Waals surface area contributed by atoms with E-state index in [2.05, 4.69) is 4.99 Å². The molecule has 0 unspecified atom stereocenters. The predicted molar refractivity (Wildman–Crippen MR) is 41.8 cm³/mol. The van der Waals surface area contributed by atoms with Gasteiger partial charge in [0, 0.05) is 7.05 Å². The molecule has 0 N–H and O–H groups in total. The molecule has 0 heterocycles. The molecule has 0 aromatic rings. The van der Waals surface area contributed by atoms with E-state index in [9.17, 15) is 0 Å². The van der Waals surface area contributed by atoms with Gasteiger partial charge in [0.25, 0.3) is 0 Å². The quantitative estimate of drug-likeness (QED) is 0.325.